The largest absolute Gasteiger partial charge is 0.334 e. The van der Waals surface area contributed by atoms with E-state index in [1.165, 1.54) is 22.7 Å². The molecule has 0 bridgehead atoms. The fourth-order valence-electron chi connectivity index (χ4n) is 2.24. The summed E-state index contributed by atoms with van der Waals surface area (Å²) in [4.78, 5) is 30.2. The first-order chi connectivity index (χ1) is 10.4. The van der Waals surface area contributed by atoms with Crippen molar-refractivity contribution in [2.75, 3.05) is 11.7 Å². The fraction of sp³-hybridized carbons (Fsp3) is 0. The predicted molar refractivity (Wildman–Crippen MR) is 93.9 cm³/mol. The summed E-state index contributed by atoms with van der Waals surface area (Å²) >= 11 is 12.6. The van der Waals surface area contributed by atoms with Crippen molar-refractivity contribution >= 4 is 76.9 Å². The molecule has 0 fully saturated rings. The van der Waals surface area contributed by atoms with Crippen LogP contribution in [0.5, 0.6) is 0 Å². The number of nitrogens with zero attached hydrogens (tertiary/aromatic N) is 2. The van der Waals surface area contributed by atoms with E-state index in [1.807, 2.05) is 0 Å². The molecule has 0 saturated heterocycles. The van der Waals surface area contributed by atoms with E-state index >= 15 is 0 Å². The predicted octanol–water partition coefficient (Wildman–Crippen LogP) is 1.14. The summed E-state index contributed by atoms with van der Waals surface area (Å²) in [7, 11) is 0. The van der Waals surface area contributed by atoms with E-state index in [1.54, 1.807) is 0 Å². The molecule has 0 radical (unpaired) electrons. The van der Waals surface area contributed by atoms with Crippen LogP contribution < -0.4 is 22.8 Å². The van der Waals surface area contributed by atoms with Gasteiger partial charge in [0.15, 0.2) is 9.54 Å². The lowest BCUT2D eigenvalue weighted by molar-refractivity contribution is 0.894. The van der Waals surface area contributed by atoms with E-state index in [0.29, 0.717) is 25.8 Å². The highest BCUT2D eigenvalue weighted by Gasteiger charge is 2.19. The lowest BCUT2D eigenvalue weighted by Gasteiger charge is -2.00. The van der Waals surface area contributed by atoms with E-state index in [9.17, 15) is 9.59 Å². The Kier molecular flexibility index (Phi) is 2.64. The molecule has 6 N–H and O–H groups in total. The Morgan fingerprint density at radius 2 is 1.27 bits per heavy atom. The summed E-state index contributed by atoms with van der Waals surface area (Å²) in [6.45, 7) is 0. The zero-order chi connectivity index (χ0) is 15.8. The van der Waals surface area contributed by atoms with Gasteiger partial charge >= 0.3 is 0 Å². The number of aromatic nitrogens is 4. The van der Waals surface area contributed by atoms with Crippen LogP contribution in [0.1, 0.15) is 0 Å². The molecule has 4 aromatic heterocycles. The molecule has 0 aliphatic carbocycles. The molecule has 22 heavy (non-hydrogen) atoms. The summed E-state index contributed by atoms with van der Waals surface area (Å²) in [5.74, 6) is 11.2. The van der Waals surface area contributed by atoms with Crippen molar-refractivity contribution in [3.63, 3.8) is 0 Å². The average molecular weight is 370 g/mol. The molecule has 0 unspecified atom stereocenters. The lowest BCUT2D eigenvalue weighted by Crippen LogP contribution is -2.28. The first-order valence-corrected chi connectivity index (χ1v) is 8.24. The Bertz CT molecular complexity index is 1230. The van der Waals surface area contributed by atoms with Gasteiger partial charge in [-0.3, -0.25) is 9.59 Å². The minimum atomic E-state index is -0.383. The van der Waals surface area contributed by atoms with Gasteiger partial charge in [-0.2, -0.15) is 9.35 Å². The van der Waals surface area contributed by atoms with Gasteiger partial charge in [0.2, 0.25) is 0 Å². The third kappa shape index (κ3) is 1.54. The van der Waals surface area contributed by atoms with Crippen LogP contribution in [-0.4, -0.2) is 19.3 Å². The molecule has 0 aliphatic rings. The Morgan fingerprint density at radius 3 is 1.68 bits per heavy atom. The van der Waals surface area contributed by atoms with Crippen LogP contribution in [0.25, 0.3) is 29.8 Å². The van der Waals surface area contributed by atoms with Crippen LogP contribution in [0, 0.1) is 9.54 Å². The number of aromatic amines is 2. The van der Waals surface area contributed by atoms with Crippen LogP contribution >= 0.6 is 47.1 Å². The van der Waals surface area contributed by atoms with Crippen molar-refractivity contribution in [2.45, 2.75) is 0 Å². The highest BCUT2D eigenvalue weighted by atomic mass is 32.2. The number of hydrogen-bond donors (Lipinski definition) is 4. The van der Waals surface area contributed by atoms with E-state index in [0.717, 1.165) is 13.4 Å². The van der Waals surface area contributed by atoms with Crippen LogP contribution in [0.2, 0.25) is 0 Å². The van der Waals surface area contributed by atoms with Gasteiger partial charge in [0.25, 0.3) is 11.1 Å². The summed E-state index contributed by atoms with van der Waals surface area (Å²) in [6.07, 6.45) is 0. The van der Waals surface area contributed by atoms with Gasteiger partial charge in [0.05, 0.1) is 20.4 Å². The van der Waals surface area contributed by atoms with Crippen LogP contribution in [0.4, 0.5) is 0 Å². The van der Waals surface area contributed by atoms with Crippen LogP contribution in [0.3, 0.4) is 0 Å². The summed E-state index contributed by atoms with van der Waals surface area (Å²) in [5.41, 5.74) is 0.322. The molecule has 0 saturated carbocycles. The standard InChI is InChI=1S/C10H6N6O2S4/c11-15-6(17)4-2(13-9(15)19)1-3-5(22-8(1)21-4)7(18)16(12)10(20)14-3/h11-12H2,(H,13,19)(H,14,20). The number of nitrogen functional groups attached to an aromatic ring is 2. The second-order valence-corrected chi connectivity index (χ2v) is 7.56. The summed E-state index contributed by atoms with van der Waals surface area (Å²) < 4.78 is 3.63. The second-order valence-electron chi connectivity index (χ2n) is 4.49. The minimum Gasteiger partial charge on any atom is -0.334 e. The Morgan fingerprint density at radius 1 is 0.864 bits per heavy atom. The third-order valence-electron chi connectivity index (χ3n) is 3.28. The highest BCUT2D eigenvalue weighted by Crippen LogP contribution is 2.40. The van der Waals surface area contributed by atoms with E-state index in [2.05, 4.69) is 9.97 Å². The van der Waals surface area contributed by atoms with Crippen molar-refractivity contribution in [1.29, 1.82) is 0 Å². The smallest absolute Gasteiger partial charge is 0.290 e. The van der Waals surface area contributed by atoms with Crippen molar-refractivity contribution in [3.05, 3.63) is 30.2 Å². The maximum Gasteiger partial charge on any atom is 0.290 e. The number of nitrogens with two attached hydrogens (primary N) is 2. The Hall–Kier alpha value is -2.02. The fourth-order valence-corrected chi connectivity index (χ4v) is 5.15. The number of fused-ring (bicyclic) bond motifs is 5. The van der Waals surface area contributed by atoms with Crippen molar-refractivity contribution in [2.24, 2.45) is 0 Å². The Balaban J connectivity index is 2.40. The normalized spacial score (nSPS) is 11.8. The van der Waals surface area contributed by atoms with Gasteiger partial charge in [-0.15, -0.1) is 22.7 Å². The third-order valence-corrected chi connectivity index (χ3v) is 6.32. The second kappa shape index (κ2) is 4.25. The molecule has 12 heteroatoms. The SMILES string of the molecule is Nn1c(=S)[nH]c2c(sc3sc4c(=O)n(N)c(=S)[nH]c4c32)c1=O. The van der Waals surface area contributed by atoms with Gasteiger partial charge in [0.1, 0.15) is 9.40 Å². The number of nitrogens with one attached hydrogen (secondary N) is 2. The average Bonchev–Trinajstić information content (AvgIpc) is 3.00. The van der Waals surface area contributed by atoms with E-state index in [4.69, 9.17) is 36.1 Å². The number of thiophene rings is 2. The summed E-state index contributed by atoms with van der Waals surface area (Å²) in [5, 5.41) is 0.701. The zero-order valence-corrected chi connectivity index (χ0v) is 13.8. The molecule has 4 rings (SSSR count). The first-order valence-electron chi connectivity index (χ1n) is 5.79. The van der Waals surface area contributed by atoms with Gasteiger partial charge < -0.3 is 21.7 Å². The lowest BCUT2D eigenvalue weighted by atomic mass is 10.3. The maximum absolute atomic E-state index is 12.2. The molecule has 0 aromatic carbocycles. The summed E-state index contributed by atoms with van der Waals surface area (Å²) in [6, 6.07) is 0. The molecule has 4 heterocycles. The van der Waals surface area contributed by atoms with Gasteiger partial charge in [-0.1, -0.05) is 0 Å². The maximum atomic E-state index is 12.2. The highest BCUT2D eigenvalue weighted by molar-refractivity contribution is 7.71. The van der Waals surface area contributed by atoms with Crippen LogP contribution in [-0.2, 0) is 0 Å². The molecule has 112 valence electrons. The number of hydrogen-bond acceptors (Lipinski definition) is 8. The van der Waals surface area contributed by atoms with Crippen molar-refractivity contribution in [1.82, 2.24) is 19.3 Å². The first kappa shape index (κ1) is 13.6. The zero-order valence-electron chi connectivity index (χ0n) is 10.5. The molecule has 0 spiro atoms. The monoisotopic (exact) mass is 370 g/mol. The number of H-pyrrole nitrogens is 2. The van der Waals surface area contributed by atoms with E-state index in [-0.39, 0.29) is 20.7 Å². The van der Waals surface area contributed by atoms with Crippen molar-refractivity contribution < 1.29 is 0 Å². The molecule has 0 atom stereocenters. The van der Waals surface area contributed by atoms with E-state index < -0.39 is 0 Å². The topological polar surface area (TPSA) is 128 Å². The molecular weight excluding hydrogens is 364 g/mol. The number of rotatable bonds is 0. The molecule has 0 aliphatic heterocycles. The quantitative estimate of drug-likeness (QED) is 0.271. The van der Waals surface area contributed by atoms with Gasteiger partial charge in [-0.25, -0.2) is 0 Å². The van der Waals surface area contributed by atoms with Gasteiger partial charge in [0, 0.05) is 0 Å². The molecule has 0 amide bonds. The van der Waals surface area contributed by atoms with Crippen molar-refractivity contribution in [3.8, 4) is 0 Å². The molecule has 8 nitrogen and oxygen atoms in total. The van der Waals surface area contributed by atoms with Crippen LogP contribution in [0.15, 0.2) is 9.59 Å². The minimum absolute atomic E-state index is 0.0994. The Labute approximate surface area is 138 Å². The molecular formula is C10H6N6O2S4. The molecule has 4 aromatic rings. The van der Waals surface area contributed by atoms with Gasteiger partial charge in [-0.05, 0) is 24.4 Å².